The number of carbonyl (C=O) groups is 2. The topological polar surface area (TPSA) is 58.2 Å². The van der Waals surface area contributed by atoms with Crippen molar-refractivity contribution in [1.82, 2.24) is 5.32 Å². The molecular formula is C29H35F3N3O2+. The summed E-state index contributed by atoms with van der Waals surface area (Å²) in [6.45, 7) is 3.27. The summed E-state index contributed by atoms with van der Waals surface area (Å²) in [5.74, 6) is -0.447. The second-order valence-electron chi connectivity index (χ2n) is 10.4. The molecule has 2 aliphatic rings. The molecule has 0 spiro atoms. The normalized spacial score (nSPS) is 24.8. The van der Waals surface area contributed by atoms with E-state index in [1.165, 1.54) is 13.0 Å². The van der Waals surface area contributed by atoms with Crippen LogP contribution in [0.1, 0.15) is 56.2 Å². The Bertz CT molecular complexity index is 1160. The van der Waals surface area contributed by atoms with Crippen LogP contribution in [0, 0.1) is 5.92 Å². The van der Waals surface area contributed by atoms with E-state index < -0.39 is 16.8 Å². The van der Waals surface area contributed by atoms with E-state index in [1.807, 2.05) is 30.3 Å². The fraction of sp³-hybridized carbons (Fsp3) is 0.448. The molecule has 8 heteroatoms. The van der Waals surface area contributed by atoms with Crippen LogP contribution in [-0.4, -0.2) is 41.2 Å². The third-order valence-corrected chi connectivity index (χ3v) is 8.07. The first kappa shape index (κ1) is 26.9. The van der Waals surface area contributed by atoms with Gasteiger partial charge in [-0.05, 0) is 61.9 Å². The second kappa shape index (κ2) is 11.1. The van der Waals surface area contributed by atoms with Gasteiger partial charge >= 0.3 is 6.30 Å². The molecule has 37 heavy (non-hydrogen) atoms. The number of halogens is 3. The summed E-state index contributed by atoms with van der Waals surface area (Å²) in [5, 5.41) is 5.71. The maximum absolute atomic E-state index is 14.5. The first-order valence-corrected chi connectivity index (χ1v) is 12.9. The van der Waals surface area contributed by atoms with Crippen LogP contribution in [0.15, 0.2) is 54.6 Å². The lowest BCUT2D eigenvalue weighted by atomic mass is 9.79. The van der Waals surface area contributed by atoms with Crippen molar-refractivity contribution in [2.24, 2.45) is 5.92 Å². The zero-order valence-electron chi connectivity index (χ0n) is 21.4. The van der Waals surface area contributed by atoms with Crippen LogP contribution in [-0.2, 0) is 22.6 Å². The predicted octanol–water partition coefficient (Wildman–Crippen LogP) is 5.81. The van der Waals surface area contributed by atoms with Gasteiger partial charge in [0.2, 0.25) is 11.8 Å². The molecule has 0 aromatic heterocycles. The molecule has 2 unspecified atom stereocenters. The molecule has 1 fully saturated rings. The van der Waals surface area contributed by atoms with Gasteiger partial charge in [-0.25, -0.2) is 4.48 Å². The Balaban J connectivity index is 1.34. The molecule has 1 aliphatic heterocycles. The highest BCUT2D eigenvalue weighted by molar-refractivity contribution is 5.92. The van der Waals surface area contributed by atoms with Gasteiger partial charge in [-0.3, -0.25) is 9.59 Å². The number of fused-ring (bicyclic) bond motifs is 1. The summed E-state index contributed by atoms with van der Waals surface area (Å²) in [6.07, 6.45) is 1.91. The molecule has 2 amide bonds. The average Bonchev–Trinajstić information content (AvgIpc) is 2.86. The standard InChI is InChI=1S/C29H34F3N3O2/c1-20(35(29(30,31)32)17-16-24-7-3-4-8-25(24)19-35)23-11-13-26(14-12-23)34-28(37)15-10-22-6-5-9-27(18-22)33-21(2)36/h3-10,15,18,20,23,26H,11-14,16-17,19H2,1-2H3,(H-,33,34,36,37)/p+1. The molecule has 1 heterocycles. The number of alkyl halides is 3. The third-order valence-electron chi connectivity index (χ3n) is 8.07. The highest BCUT2D eigenvalue weighted by Gasteiger charge is 2.60. The molecule has 0 saturated heterocycles. The molecule has 2 aromatic rings. The van der Waals surface area contributed by atoms with Gasteiger partial charge in [0.05, 0.1) is 12.6 Å². The van der Waals surface area contributed by atoms with E-state index in [0.717, 1.165) is 16.7 Å². The lowest BCUT2D eigenvalue weighted by molar-refractivity contribution is -1.06. The zero-order valence-corrected chi connectivity index (χ0v) is 21.4. The molecule has 1 saturated carbocycles. The summed E-state index contributed by atoms with van der Waals surface area (Å²) in [7, 11) is 0. The minimum Gasteiger partial charge on any atom is -0.350 e. The predicted molar refractivity (Wildman–Crippen MR) is 138 cm³/mol. The van der Waals surface area contributed by atoms with Crippen LogP contribution in [0.4, 0.5) is 18.9 Å². The van der Waals surface area contributed by atoms with Crippen molar-refractivity contribution >= 4 is 23.6 Å². The van der Waals surface area contributed by atoms with Gasteiger partial charge in [0.15, 0.2) is 0 Å². The average molecular weight is 515 g/mol. The number of hydrogen-bond acceptors (Lipinski definition) is 2. The SMILES string of the molecule is CC(=O)Nc1cccc(C=CC(=O)NC2CCC(C(C)[N+]3(C(F)(F)F)CCc4ccccc4C3)CC2)c1. The smallest absolute Gasteiger partial charge is 0.350 e. The van der Waals surface area contributed by atoms with E-state index in [2.05, 4.69) is 10.6 Å². The lowest BCUT2D eigenvalue weighted by Gasteiger charge is -2.49. The second-order valence-corrected chi connectivity index (χ2v) is 10.4. The van der Waals surface area contributed by atoms with E-state index in [0.29, 0.717) is 37.8 Å². The Morgan fingerprint density at radius 2 is 1.73 bits per heavy atom. The van der Waals surface area contributed by atoms with E-state index in [4.69, 9.17) is 0 Å². The molecule has 0 bridgehead atoms. The molecule has 198 valence electrons. The van der Waals surface area contributed by atoms with Crippen molar-refractivity contribution in [3.8, 4) is 0 Å². The van der Waals surface area contributed by atoms with Crippen molar-refractivity contribution in [3.63, 3.8) is 0 Å². The van der Waals surface area contributed by atoms with E-state index in [1.54, 1.807) is 31.2 Å². The van der Waals surface area contributed by atoms with Crippen LogP contribution < -0.4 is 10.6 Å². The minimum absolute atomic E-state index is 0.00850. The van der Waals surface area contributed by atoms with Gasteiger partial charge in [0.1, 0.15) is 6.54 Å². The van der Waals surface area contributed by atoms with Crippen LogP contribution in [0.3, 0.4) is 0 Å². The molecule has 1 aliphatic carbocycles. The molecule has 2 aromatic carbocycles. The number of nitrogens with one attached hydrogen (secondary N) is 2. The van der Waals surface area contributed by atoms with Gasteiger partial charge in [-0.2, -0.15) is 0 Å². The molecule has 5 nitrogen and oxygen atoms in total. The molecule has 0 radical (unpaired) electrons. The first-order valence-electron chi connectivity index (χ1n) is 12.9. The number of hydrogen-bond donors (Lipinski definition) is 2. The first-order chi connectivity index (χ1) is 17.6. The largest absolute Gasteiger partial charge is 0.561 e. The summed E-state index contributed by atoms with van der Waals surface area (Å²) in [5.41, 5.74) is 3.25. The maximum Gasteiger partial charge on any atom is 0.561 e. The molecule has 2 N–H and O–H groups in total. The van der Waals surface area contributed by atoms with E-state index in [9.17, 15) is 22.8 Å². The number of rotatable bonds is 6. The highest BCUT2D eigenvalue weighted by Crippen LogP contribution is 2.44. The Morgan fingerprint density at radius 3 is 2.41 bits per heavy atom. The number of amides is 2. The number of nitrogens with zero attached hydrogens (tertiary/aromatic N) is 1. The van der Waals surface area contributed by atoms with Crippen LogP contribution in [0.2, 0.25) is 0 Å². The van der Waals surface area contributed by atoms with Crippen molar-refractivity contribution in [2.75, 3.05) is 11.9 Å². The van der Waals surface area contributed by atoms with Crippen molar-refractivity contribution in [3.05, 3.63) is 71.3 Å². The summed E-state index contributed by atoms with van der Waals surface area (Å²) in [6, 6.07) is 14.1. The highest BCUT2D eigenvalue weighted by atomic mass is 19.4. The fourth-order valence-electron chi connectivity index (χ4n) is 5.95. The van der Waals surface area contributed by atoms with Crippen molar-refractivity contribution in [2.45, 2.75) is 70.9 Å². The quantitative estimate of drug-likeness (QED) is 0.290. The monoisotopic (exact) mass is 514 g/mol. The lowest BCUT2D eigenvalue weighted by Crippen LogP contribution is -2.66. The van der Waals surface area contributed by atoms with Crippen molar-refractivity contribution < 1.29 is 27.2 Å². The number of benzene rings is 2. The molecule has 4 rings (SSSR count). The van der Waals surface area contributed by atoms with E-state index in [-0.39, 0.29) is 36.9 Å². The molecule has 2 atom stereocenters. The van der Waals surface area contributed by atoms with Gasteiger partial charge in [0, 0.05) is 42.6 Å². The number of carbonyl (C=O) groups excluding carboxylic acids is 2. The van der Waals surface area contributed by atoms with Gasteiger partial charge in [0.25, 0.3) is 0 Å². The summed E-state index contributed by atoms with van der Waals surface area (Å²) in [4.78, 5) is 23.7. The minimum atomic E-state index is -4.32. The van der Waals surface area contributed by atoms with E-state index >= 15 is 0 Å². The number of quaternary nitrogens is 1. The maximum atomic E-state index is 14.5. The van der Waals surface area contributed by atoms with Crippen molar-refractivity contribution in [1.29, 1.82) is 0 Å². The van der Waals surface area contributed by atoms with Crippen LogP contribution in [0.5, 0.6) is 0 Å². The Hall–Kier alpha value is -3.13. The van der Waals surface area contributed by atoms with Crippen LogP contribution in [0.25, 0.3) is 6.08 Å². The fourth-order valence-corrected chi connectivity index (χ4v) is 5.95. The number of anilines is 1. The Morgan fingerprint density at radius 1 is 1.03 bits per heavy atom. The van der Waals surface area contributed by atoms with Gasteiger partial charge in [-0.15, -0.1) is 13.2 Å². The third kappa shape index (κ3) is 6.24. The summed E-state index contributed by atoms with van der Waals surface area (Å²) >= 11 is 0. The Labute approximate surface area is 216 Å². The zero-order chi connectivity index (χ0) is 26.6. The molecular weight excluding hydrogens is 479 g/mol. The van der Waals surface area contributed by atoms with Crippen LogP contribution >= 0.6 is 0 Å². The Kier molecular flexibility index (Phi) is 8.07. The summed E-state index contributed by atoms with van der Waals surface area (Å²) < 4.78 is 42.8. The van der Waals surface area contributed by atoms with Gasteiger partial charge in [-0.1, -0.05) is 36.4 Å². The van der Waals surface area contributed by atoms with Gasteiger partial charge < -0.3 is 10.6 Å².